The largest absolute Gasteiger partial charge is 0.448 e. The average Bonchev–Trinajstić information content (AvgIpc) is 2.48. The Bertz CT molecular complexity index is 661. The van der Waals surface area contributed by atoms with E-state index in [-0.39, 0.29) is 22.5 Å². The second-order valence-electron chi connectivity index (χ2n) is 4.50. The van der Waals surface area contributed by atoms with Crippen LogP contribution in [0.3, 0.4) is 0 Å². The highest BCUT2D eigenvalue weighted by molar-refractivity contribution is 6.32. The summed E-state index contributed by atoms with van der Waals surface area (Å²) in [5, 5.41) is 11.3. The maximum Gasteiger partial charge on any atom is 0.313 e. The van der Waals surface area contributed by atoms with Crippen molar-refractivity contribution in [3.8, 4) is 11.5 Å². The summed E-state index contributed by atoms with van der Waals surface area (Å²) in [4.78, 5) is 10.6. The van der Waals surface area contributed by atoms with E-state index < -0.39 is 4.92 Å². The third-order valence-electron chi connectivity index (χ3n) is 3.11. The van der Waals surface area contributed by atoms with Crippen molar-refractivity contribution in [2.45, 2.75) is 19.4 Å². The number of ether oxygens (including phenoxy) is 1. The lowest BCUT2D eigenvalue weighted by Gasteiger charge is -2.15. The number of nitrogens with zero attached hydrogens (tertiary/aromatic N) is 1. The first kappa shape index (κ1) is 15.3. The van der Waals surface area contributed by atoms with Crippen molar-refractivity contribution in [2.24, 2.45) is 5.73 Å². The summed E-state index contributed by atoms with van der Waals surface area (Å²) in [6.45, 7) is 1.96. The normalized spacial score (nSPS) is 12.0. The Morgan fingerprint density at radius 2 is 2.00 bits per heavy atom. The van der Waals surface area contributed by atoms with Gasteiger partial charge in [-0.25, -0.2) is 0 Å². The summed E-state index contributed by atoms with van der Waals surface area (Å²) in [7, 11) is 0. The van der Waals surface area contributed by atoms with Gasteiger partial charge >= 0.3 is 5.69 Å². The first-order chi connectivity index (χ1) is 10.0. The predicted molar refractivity (Wildman–Crippen MR) is 81.8 cm³/mol. The fraction of sp³-hybridized carbons (Fsp3) is 0.200. The molecule has 2 rings (SSSR count). The van der Waals surface area contributed by atoms with Crippen LogP contribution in [0.5, 0.6) is 11.5 Å². The molecular weight excluding hydrogens is 292 g/mol. The summed E-state index contributed by atoms with van der Waals surface area (Å²) in [6.07, 6.45) is 0.727. The summed E-state index contributed by atoms with van der Waals surface area (Å²) >= 11 is 6.03. The molecule has 2 N–H and O–H groups in total. The molecule has 0 aliphatic carbocycles. The molecule has 0 saturated heterocycles. The SMILES string of the molecule is CC[C@@H](N)c1ccccc1Oc1c(Cl)cccc1[N+](=O)[O-]. The number of para-hydroxylation sites is 2. The minimum atomic E-state index is -0.524. The Balaban J connectivity index is 2.46. The highest BCUT2D eigenvalue weighted by Crippen LogP contribution is 2.39. The molecule has 2 aromatic carbocycles. The fourth-order valence-corrected chi connectivity index (χ4v) is 2.16. The third kappa shape index (κ3) is 3.32. The van der Waals surface area contributed by atoms with Crippen molar-refractivity contribution in [3.63, 3.8) is 0 Å². The summed E-state index contributed by atoms with van der Waals surface area (Å²) in [5.74, 6) is 0.503. The summed E-state index contributed by atoms with van der Waals surface area (Å²) in [6, 6.07) is 11.4. The number of nitrogens with two attached hydrogens (primary N) is 1. The van der Waals surface area contributed by atoms with Crippen LogP contribution in [-0.4, -0.2) is 4.92 Å². The molecule has 0 radical (unpaired) electrons. The third-order valence-corrected chi connectivity index (χ3v) is 3.41. The number of rotatable bonds is 5. The summed E-state index contributed by atoms with van der Waals surface area (Å²) < 4.78 is 5.70. The van der Waals surface area contributed by atoms with E-state index in [0.717, 1.165) is 12.0 Å². The Morgan fingerprint density at radius 1 is 1.29 bits per heavy atom. The molecule has 0 aliphatic rings. The topological polar surface area (TPSA) is 78.4 Å². The number of benzene rings is 2. The zero-order valence-electron chi connectivity index (χ0n) is 11.5. The second kappa shape index (κ2) is 6.56. The Hall–Kier alpha value is -2.11. The molecule has 0 aromatic heterocycles. The van der Waals surface area contributed by atoms with Gasteiger partial charge < -0.3 is 10.5 Å². The van der Waals surface area contributed by atoms with E-state index in [1.165, 1.54) is 12.1 Å². The lowest BCUT2D eigenvalue weighted by Crippen LogP contribution is -2.10. The quantitative estimate of drug-likeness (QED) is 0.654. The van der Waals surface area contributed by atoms with E-state index >= 15 is 0 Å². The molecule has 110 valence electrons. The van der Waals surface area contributed by atoms with E-state index in [2.05, 4.69) is 0 Å². The van der Waals surface area contributed by atoms with Gasteiger partial charge in [0.25, 0.3) is 0 Å². The maximum absolute atomic E-state index is 11.1. The van der Waals surface area contributed by atoms with Gasteiger partial charge in [-0.15, -0.1) is 0 Å². The Labute approximate surface area is 127 Å². The van der Waals surface area contributed by atoms with E-state index in [1.54, 1.807) is 18.2 Å². The molecule has 1 atom stereocenters. The van der Waals surface area contributed by atoms with Crippen LogP contribution in [0.2, 0.25) is 5.02 Å². The van der Waals surface area contributed by atoms with E-state index in [9.17, 15) is 10.1 Å². The van der Waals surface area contributed by atoms with Crippen LogP contribution in [0.25, 0.3) is 0 Å². The standard InChI is InChI=1S/C15H15ClN2O3/c1-2-12(17)10-6-3-4-9-14(10)21-15-11(16)7-5-8-13(15)18(19)20/h3-9,12H,2,17H2,1H3/t12-/m1/s1. The van der Waals surface area contributed by atoms with Crippen LogP contribution in [0.4, 0.5) is 5.69 Å². The molecule has 2 aromatic rings. The molecule has 0 fully saturated rings. The van der Waals surface area contributed by atoms with Gasteiger partial charge in [-0.3, -0.25) is 10.1 Å². The monoisotopic (exact) mass is 306 g/mol. The maximum atomic E-state index is 11.1. The molecular formula is C15H15ClN2O3. The van der Waals surface area contributed by atoms with Crippen LogP contribution in [-0.2, 0) is 0 Å². The van der Waals surface area contributed by atoms with Crippen molar-refractivity contribution in [2.75, 3.05) is 0 Å². The van der Waals surface area contributed by atoms with Crippen LogP contribution in [0.1, 0.15) is 24.9 Å². The van der Waals surface area contributed by atoms with Crippen molar-refractivity contribution in [1.82, 2.24) is 0 Å². The van der Waals surface area contributed by atoms with E-state index in [4.69, 9.17) is 22.1 Å². The van der Waals surface area contributed by atoms with Gasteiger partial charge in [0.1, 0.15) is 5.75 Å². The predicted octanol–water partition coefficient (Wildman–Crippen LogP) is 4.45. The molecule has 0 bridgehead atoms. The van der Waals surface area contributed by atoms with Gasteiger partial charge in [0, 0.05) is 17.7 Å². The lowest BCUT2D eigenvalue weighted by atomic mass is 10.0. The van der Waals surface area contributed by atoms with Crippen LogP contribution in [0, 0.1) is 10.1 Å². The number of hydrogen-bond donors (Lipinski definition) is 1. The van der Waals surface area contributed by atoms with Gasteiger partial charge in [-0.1, -0.05) is 42.8 Å². The first-order valence-electron chi connectivity index (χ1n) is 6.49. The van der Waals surface area contributed by atoms with Crippen molar-refractivity contribution >= 4 is 17.3 Å². The Kier molecular flexibility index (Phi) is 4.77. The smallest absolute Gasteiger partial charge is 0.313 e. The molecule has 0 amide bonds. The minimum absolute atomic E-state index is 0.0277. The van der Waals surface area contributed by atoms with Gasteiger partial charge in [0.15, 0.2) is 0 Å². The molecule has 0 spiro atoms. The van der Waals surface area contributed by atoms with Gasteiger partial charge in [0.2, 0.25) is 5.75 Å². The van der Waals surface area contributed by atoms with Crippen LogP contribution in [0.15, 0.2) is 42.5 Å². The number of nitro benzene ring substituents is 1. The van der Waals surface area contributed by atoms with Crippen LogP contribution >= 0.6 is 11.6 Å². The summed E-state index contributed by atoms with van der Waals surface area (Å²) in [5.41, 5.74) is 6.65. The molecule has 5 nitrogen and oxygen atoms in total. The average molecular weight is 307 g/mol. The molecule has 0 saturated carbocycles. The Morgan fingerprint density at radius 3 is 2.67 bits per heavy atom. The zero-order valence-corrected chi connectivity index (χ0v) is 12.2. The zero-order chi connectivity index (χ0) is 15.4. The van der Waals surface area contributed by atoms with Crippen LogP contribution < -0.4 is 10.5 Å². The number of hydrogen-bond acceptors (Lipinski definition) is 4. The fourth-order valence-electron chi connectivity index (χ4n) is 1.95. The minimum Gasteiger partial charge on any atom is -0.448 e. The highest BCUT2D eigenvalue weighted by atomic mass is 35.5. The first-order valence-corrected chi connectivity index (χ1v) is 6.87. The highest BCUT2D eigenvalue weighted by Gasteiger charge is 2.20. The molecule has 6 heteroatoms. The molecule has 21 heavy (non-hydrogen) atoms. The van der Waals surface area contributed by atoms with Crippen molar-refractivity contribution in [3.05, 3.63) is 63.2 Å². The molecule has 0 aliphatic heterocycles. The number of halogens is 1. The molecule has 0 heterocycles. The van der Waals surface area contributed by atoms with E-state index in [1.807, 2.05) is 19.1 Å². The van der Waals surface area contributed by atoms with Gasteiger partial charge in [-0.05, 0) is 18.6 Å². The van der Waals surface area contributed by atoms with Crippen molar-refractivity contribution in [1.29, 1.82) is 0 Å². The number of nitro groups is 1. The lowest BCUT2D eigenvalue weighted by molar-refractivity contribution is -0.385. The van der Waals surface area contributed by atoms with Gasteiger partial charge in [0.05, 0.1) is 9.95 Å². The van der Waals surface area contributed by atoms with Gasteiger partial charge in [-0.2, -0.15) is 0 Å². The van der Waals surface area contributed by atoms with E-state index in [0.29, 0.717) is 5.75 Å². The second-order valence-corrected chi connectivity index (χ2v) is 4.91. The molecule has 0 unspecified atom stereocenters. The van der Waals surface area contributed by atoms with Crippen molar-refractivity contribution < 1.29 is 9.66 Å².